The van der Waals surface area contributed by atoms with Gasteiger partial charge in [-0.15, -0.1) is 0 Å². The molecule has 5 nitrogen and oxygen atoms in total. The lowest BCUT2D eigenvalue weighted by Gasteiger charge is -2.08. The van der Waals surface area contributed by atoms with E-state index in [0.717, 1.165) is 5.56 Å². The Kier molecular flexibility index (Phi) is 4.72. The fourth-order valence-electron chi connectivity index (χ4n) is 2.25. The van der Waals surface area contributed by atoms with Gasteiger partial charge in [0.1, 0.15) is 11.4 Å². The normalized spacial score (nSPS) is 10.8. The summed E-state index contributed by atoms with van der Waals surface area (Å²) in [5.74, 6) is 0.181. The Morgan fingerprint density at radius 1 is 1.08 bits per heavy atom. The molecule has 3 rings (SSSR count). The van der Waals surface area contributed by atoms with Gasteiger partial charge in [0, 0.05) is 12.3 Å². The first-order chi connectivity index (χ1) is 11.7. The van der Waals surface area contributed by atoms with Crippen molar-refractivity contribution in [3.05, 3.63) is 94.8 Å². The highest BCUT2D eigenvalue weighted by Crippen LogP contribution is 2.05. The zero-order chi connectivity index (χ0) is 16.8. The molecule has 0 saturated heterocycles. The van der Waals surface area contributed by atoms with Crippen LogP contribution in [-0.2, 0) is 11.3 Å². The Hall–Kier alpha value is -3.34. The fourth-order valence-corrected chi connectivity index (χ4v) is 2.25. The van der Waals surface area contributed by atoms with E-state index in [1.54, 1.807) is 41.1 Å². The second-order valence-electron chi connectivity index (χ2n) is 5.18. The molecule has 2 heterocycles. The van der Waals surface area contributed by atoms with Gasteiger partial charge in [-0.05, 0) is 35.9 Å². The quantitative estimate of drug-likeness (QED) is 0.735. The van der Waals surface area contributed by atoms with Crippen molar-refractivity contribution in [3.63, 3.8) is 0 Å². The summed E-state index contributed by atoms with van der Waals surface area (Å²) >= 11 is 0. The van der Waals surface area contributed by atoms with Crippen molar-refractivity contribution in [1.82, 2.24) is 4.57 Å². The molecular formula is C19H16N2O3. The molecule has 0 aliphatic rings. The standard InChI is InChI=1S/C19H16N2O3/c22-18(11-10-16-8-5-13-24-16)20-17-9-4-12-21(19(17)23)14-15-6-2-1-3-7-15/h1-13H,14H2,(H,20,22)/b11-10+. The Labute approximate surface area is 138 Å². The van der Waals surface area contributed by atoms with E-state index in [1.807, 2.05) is 30.3 Å². The highest BCUT2D eigenvalue weighted by atomic mass is 16.3. The van der Waals surface area contributed by atoms with Crippen molar-refractivity contribution in [2.75, 3.05) is 5.32 Å². The van der Waals surface area contributed by atoms with E-state index >= 15 is 0 Å². The molecular weight excluding hydrogens is 304 g/mol. The number of amides is 1. The largest absolute Gasteiger partial charge is 0.465 e. The Morgan fingerprint density at radius 2 is 1.92 bits per heavy atom. The number of pyridine rings is 1. The van der Waals surface area contributed by atoms with Crippen molar-refractivity contribution in [3.8, 4) is 0 Å². The summed E-state index contributed by atoms with van der Waals surface area (Å²) in [7, 11) is 0. The van der Waals surface area contributed by atoms with Gasteiger partial charge in [-0.1, -0.05) is 30.3 Å². The van der Waals surface area contributed by atoms with Gasteiger partial charge in [-0.25, -0.2) is 0 Å². The summed E-state index contributed by atoms with van der Waals surface area (Å²) < 4.78 is 6.67. The van der Waals surface area contributed by atoms with E-state index in [9.17, 15) is 9.59 Å². The lowest BCUT2D eigenvalue weighted by molar-refractivity contribution is -0.111. The molecule has 0 saturated carbocycles. The fraction of sp³-hybridized carbons (Fsp3) is 0.0526. The number of carbonyl (C=O) groups is 1. The second kappa shape index (κ2) is 7.28. The van der Waals surface area contributed by atoms with Gasteiger partial charge in [0.25, 0.3) is 5.56 Å². The number of benzene rings is 1. The Balaban J connectivity index is 1.73. The van der Waals surface area contributed by atoms with Crippen LogP contribution in [0.1, 0.15) is 11.3 Å². The van der Waals surface area contributed by atoms with Crippen LogP contribution in [0.25, 0.3) is 6.08 Å². The Bertz CT molecular complexity index is 894. The first-order valence-corrected chi connectivity index (χ1v) is 7.48. The van der Waals surface area contributed by atoms with Gasteiger partial charge < -0.3 is 14.3 Å². The molecule has 120 valence electrons. The summed E-state index contributed by atoms with van der Waals surface area (Å²) in [5, 5.41) is 2.60. The maximum atomic E-state index is 12.4. The van der Waals surface area contributed by atoms with Crippen molar-refractivity contribution in [1.29, 1.82) is 0 Å². The van der Waals surface area contributed by atoms with Crippen LogP contribution in [0.3, 0.4) is 0 Å². The van der Waals surface area contributed by atoms with Crippen LogP contribution < -0.4 is 10.9 Å². The van der Waals surface area contributed by atoms with Crippen LogP contribution >= 0.6 is 0 Å². The second-order valence-corrected chi connectivity index (χ2v) is 5.18. The molecule has 5 heteroatoms. The molecule has 0 bridgehead atoms. The van der Waals surface area contributed by atoms with Gasteiger partial charge in [0.2, 0.25) is 5.91 Å². The van der Waals surface area contributed by atoms with Crippen molar-refractivity contribution in [2.45, 2.75) is 6.54 Å². The number of hydrogen-bond acceptors (Lipinski definition) is 3. The first-order valence-electron chi connectivity index (χ1n) is 7.48. The van der Waals surface area contributed by atoms with Gasteiger partial charge in [-0.2, -0.15) is 0 Å². The van der Waals surface area contributed by atoms with Crippen LogP contribution in [-0.4, -0.2) is 10.5 Å². The van der Waals surface area contributed by atoms with Crippen LogP contribution in [0, 0.1) is 0 Å². The maximum absolute atomic E-state index is 12.4. The summed E-state index contributed by atoms with van der Waals surface area (Å²) in [6, 6.07) is 16.5. The van der Waals surface area contributed by atoms with Gasteiger partial charge in [-0.3, -0.25) is 9.59 Å². The number of aromatic nitrogens is 1. The zero-order valence-electron chi connectivity index (χ0n) is 12.9. The van der Waals surface area contributed by atoms with Crippen LogP contribution in [0.15, 0.2) is 82.3 Å². The SMILES string of the molecule is O=C(/C=C/c1ccco1)Nc1cccn(Cc2ccccc2)c1=O. The van der Waals surface area contributed by atoms with E-state index in [1.165, 1.54) is 12.3 Å². The van der Waals surface area contributed by atoms with E-state index in [4.69, 9.17) is 4.42 Å². The summed E-state index contributed by atoms with van der Waals surface area (Å²) in [6.07, 6.45) is 6.09. The molecule has 0 aliphatic carbocycles. The lowest BCUT2D eigenvalue weighted by atomic mass is 10.2. The molecule has 1 N–H and O–H groups in total. The summed E-state index contributed by atoms with van der Waals surface area (Å²) in [6.45, 7) is 0.450. The third-order valence-electron chi connectivity index (χ3n) is 3.42. The molecule has 1 aromatic carbocycles. The average molecular weight is 320 g/mol. The highest BCUT2D eigenvalue weighted by Gasteiger charge is 2.06. The van der Waals surface area contributed by atoms with Gasteiger partial charge in [0.05, 0.1) is 12.8 Å². The number of furan rings is 1. The molecule has 0 unspecified atom stereocenters. The lowest BCUT2D eigenvalue weighted by Crippen LogP contribution is -2.25. The minimum absolute atomic E-state index is 0.238. The monoisotopic (exact) mass is 320 g/mol. The predicted octanol–water partition coefficient (Wildman–Crippen LogP) is 3.14. The van der Waals surface area contributed by atoms with Crippen molar-refractivity contribution < 1.29 is 9.21 Å². The molecule has 24 heavy (non-hydrogen) atoms. The summed E-state index contributed by atoms with van der Waals surface area (Å²) in [5.41, 5.74) is 1.00. The first kappa shape index (κ1) is 15.6. The van der Waals surface area contributed by atoms with Gasteiger partial charge >= 0.3 is 0 Å². The molecule has 0 fully saturated rings. The topological polar surface area (TPSA) is 64.2 Å². The van der Waals surface area contributed by atoms with E-state index in [0.29, 0.717) is 12.3 Å². The molecule has 0 radical (unpaired) electrons. The number of rotatable bonds is 5. The maximum Gasteiger partial charge on any atom is 0.274 e. The predicted molar refractivity (Wildman–Crippen MR) is 92.6 cm³/mol. The van der Waals surface area contributed by atoms with Gasteiger partial charge in [0.15, 0.2) is 0 Å². The van der Waals surface area contributed by atoms with Crippen LogP contribution in [0.2, 0.25) is 0 Å². The number of carbonyl (C=O) groups excluding carboxylic acids is 1. The van der Waals surface area contributed by atoms with Crippen molar-refractivity contribution >= 4 is 17.7 Å². The number of nitrogens with one attached hydrogen (secondary N) is 1. The van der Waals surface area contributed by atoms with E-state index in [2.05, 4.69) is 5.32 Å². The summed E-state index contributed by atoms with van der Waals surface area (Å²) in [4.78, 5) is 24.4. The zero-order valence-corrected chi connectivity index (χ0v) is 12.9. The van der Waals surface area contributed by atoms with Crippen molar-refractivity contribution in [2.24, 2.45) is 0 Å². The minimum atomic E-state index is -0.388. The third-order valence-corrected chi connectivity index (χ3v) is 3.42. The molecule has 3 aromatic rings. The average Bonchev–Trinajstić information content (AvgIpc) is 3.11. The minimum Gasteiger partial charge on any atom is -0.465 e. The number of hydrogen-bond donors (Lipinski definition) is 1. The molecule has 2 aromatic heterocycles. The van der Waals surface area contributed by atoms with E-state index in [-0.39, 0.29) is 17.2 Å². The molecule has 0 spiro atoms. The number of nitrogens with zero attached hydrogens (tertiary/aromatic N) is 1. The van der Waals surface area contributed by atoms with E-state index < -0.39 is 0 Å². The molecule has 0 atom stereocenters. The van der Waals surface area contributed by atoms with Crippen LogP contribution in [0.5, 0.6) is 0 Å². The smallest absolute Gasteiger partial charge is 0.274 e. The third kappa shape index (κ3) is 3.89. The highest BCUT2D eigenvalue weighted by molar-refractivity contribution is 6.01. The Morgan fingerprint density at radius 3 is 2.67 bits per heavy atom. The molecule has 1 amide bonds. The van der Waals surface area contributed by atoms with Crippen LogP contribution in [0.4, 0.5) is 5.69 Å². The molecule has 0 aliphatic heterocycles. The number of anilines is 1.